The minimum absolute atomic E-state index is 0.104. The second-order valence-electron chi connectivity index (χ2n) is 5.75. The van der Waals surface area contributed by atoms with Crippen LogP contribution < -0.4 is 5.73 Å². The lowest BCUT2D eigenvalue weighted by molar-refractivity contribution is -0.440. The van der Waals surface area contributed by atoms with Crippen molar-refractivity contribution in [2.75, 3.05) is 0 Å². The Kier molecular flexibility index (Phi) is 4.46. The maximum absolute atomic E-state index is 4.64. The van der Waals surface area contributed by atoms with E-state index >= 15 is 0 Å². The Labute approximate surface area is 137 Å². The van der Waals surface area contributed by atoms with E-state index in [0.29, 0.717) is 5.92 Å². The molecule has 116 valence electrons. The van der Waals surface area contributed by atoms with E-state index in [1.165, 1.54) is 11.1 Å². The van der Waals surface area contributed by atoms with Gasteiger partial charge in [-0.15, -0.1) is 15.3 Å². The average Bonchev–Trinajstić information content (AvgIpc) is 3.05. The van der Waals surface area contributed by atoms with E-state index in [9.17, 15) is 0 Å². The summed E-state index contributed by atoms with van der Waals surface area (Å²) in [5.74, 6) is 2.18. The lowest BCUT2D eigenvalue weighted by Crippen LogP contribution is -2.56. The Morgan fingerprint density at radius 3 is 2.64 bits per heavy atom. The normalized spacial score (nSPS) is 13.1. The first-order valence-electron chi connectivity index (χ1n) is 7.28. The zero-order valence-electron chi connectivity index (χ0n) is 13.0. The summed E-state index contributed by atoms with van der Waals surface area (Å²) in [6.45, 7) is 6.38. The molecule has 1 atom stereocenters. The van der Waals surface area contributed by atoms with Gasteiger partial charge in [0.2, 0.25) is 10.8 Å². The number of nitrogens with zero attached hydrogens (tertiary/aromatic N) is 4. The predicted molar refractivity (Wildman–Crippen MR) is 89.9 cm³/mol. The van der Waals surface area contributed by atoms with E-state index < -0.39 is 0 Å². The molecule has 0 aliphatic heterocycles. The lowest BCUT2D eigenvalue weighted by atomic mass is 10.1. The first-order valence-corrected chi connectivity index (χ1v) is 9.08. The highest BCUT2D eigenvalue weighted by Gasteiger charge is 2.23. The molecule has 0 unspecified atom stereocenters. The third-order valence-corrected chi connectivity index (χ3v) is 5.72. The van der Waals surface area contributed by atoms with Crippen molar-refractivity contribution in [3.05, 3.63) is 41.2 Å². The van der Waals surface area contributed by atoms with Crippen molar-refractivity contribution >= 4 is 28.1 Å². The van der Waals surface area contributed by atoms with Crippen LogP contribution in [0.4, 0.5) is 0 Å². The molecule has 1 aromatic carbocycles. The largest absolute Gasteiger partial charge is 0.348 e. The maximum Gasteiger partial charge on any atom is 0.235 e. The number of quaternary nitrogens is 1. The molecule has 3 aromatic rings. The van der Waals surface area contributed by atoms with Gasteiger partial charge in [-0.1, -0.05) is 66.8 Å². The van der Waals surface area contributed by atoms with Gasteiger partial charge in [0, 0.05) is 11.7 Å². The number of fused-ring (bicyclic) bond motifs is 1. The summed E-state index contributed by atoms with van der Waals surface area (Å²) in [7, 11) is 0. The van der Waals surface area contributed by atoms with Crippen LogP contribution >= 0.6 is 23.1 Å². The fourth-order valence-corrected chi connectivity index (χ4v) is 3.87. The summed E-state index contributed by atoms with van der Waals surface area (Å²) in [4.78, 5) is 0.843. The maximum atomic E-state index is 4.64. The van der Waals surface area contributed by atoms with Crippen LogP contribution in [0.1, 0.15) is 36.8 Å². The van der Waals surface area contributed by atoms with Crippen LogP contribution in [0.2, 0.25) is 0 Å². The van der Waals surface area contributed by atoms with Gasteiger partial charge in [-0.05, 0) is 12.5 Å². The van der Waals surface area contributed by atoms with Gasteiger partial charge < -0.3 is 5.73 Å². The van der Waals surface area contributed by atoms with Gasteiger partial charge in [-0.25, -0.2) is 0 Å². The second-order valence-corrected chi connectivity index (χ2v) is 7.92. The molecule has 0 aliphatic rings. The van der Waals surface area contributed by atoms with E-state index in [1.807, 2.05) is 4.52 Å². The molecule has 2 heterocycles. The summed E-state index contributed by atoms with van der Waals surface area (Å²) in [5.41, 5.74) is 6.76. The van der Waals surface area contributed by atoms with E-state index in [2.05, 4.69) is 66.1 Å². The number of hydrogen-bond donors (Lipinski definition) is 1. The number of thioether (sulfide) groups is 1. The summed E-state index contributed by atoms with van der Waals surface area (Å²) in [6.07, 6.45) is 0. The molecule has 5 nitrogen and oxygen atoms in total. The van der Waals surface area contributed by atoms with Crippen molar-refractivity contribution in [1.82, 2.24) is 19.8 Å². The molecule has 0 radical (unpaired) electrons. The molecule has 0 amide bonds. The fourth-order valence-electron chi connectivity index (χ4n) is 2.03. The SMILES string of the molecule is Cc1ccc(CSc2nn3c([C@@H]([NH3+])C(C)C)nnc3s2)cc1. The minimum atomic E-state index is 0.104. The standard InChI is InChI=1S/C15H19N5S2/c1-9(2)12(16)13-17-18-14-20(13)19-15(22-14)21-8-11-6-4-10(3)5-7-11/h4-7,9,12H,8,16H2,1-3H3/p+1/t12-/m0/s1. The quantitative estimate of drug-likeness (QED) is 0.728. The average molecular weight is 334 g/mol. The Morgan fingerprint density at radius 1 is 1.23 bits per heavy atom. The summed E-state index contributed by atoms with van der Waals surface area (Å²) in [5, 5.41) is 13.1. The van der Waals surface area contributed by atoms with Crippen LogP contribution in [-0.4, -0.2) is 19.8 Å². The molecule has 0 saturated heterocycles. The number of rotatable bonds is 5. The van der Waals surface area contributed by atoms with Gasteiger partial charge in [0.15, 0.2) is 4.34 Å². The lowest BCUT2D eigenvalue weighted by Gasteiger charge is -2.08. The molecular formula is C15H20N5S2+. The Bertz CT molecular complexity index is 760. The number of hydrogen-bond acceptors (Lipinski definition) is 5. The smallest absolute Gasteiger partial charge is 0.235 e. The van der Waals surface area contributed by atoms with Crippen LogP contribution in [-0.2, 0) is 5.75 Å². The van der Waals surface area contributed by atoms with E-state index in [-0.39, 0.29) is 6.04 Å². The summed E-state index contributed by atoms with van der Waals surface area (Å²) < 4.78 is 2.86. The van der Waals surface area contributed by atoms with Gasteiger partial charge in [0.25, 0.3) is 0 Å². The van der Waals surface area contributed by atoms with E-state index in [1.54, 1.807) is 23.1 Å². The fraction of sp³-hybridized carbons (Fsp3) is 0.400. The first kappa shape index (κ1) is 15.5. The third-order valence-electron chi connectivity index (χ3n) is 3.62. The van der Waals surface area contributed by atoms with Crippen LogP contribution in [0.5, 0.6) is 0 Å². The zero-order chi connectivity index (χ0) is 15.7. The number of benzene rings is 1. The van der Waals surface area contributed by atoms with Gasteiger partial charge in [0.05, 0.1) is 0 Å². The minimum Gasteiger partial charge on any atom is -0.348 e. The Balaban J connectivity index is 1.76. The van der Waals surface area contributed by atoms with Crippen molar-refractivity contribution in [3.63, 3.8) is 0 Å². The molecule has 22 heavy (non-hydrogen) atoms. The summed E-state index contributed by atoms with van der Waals surface area (Å²) >= 11 is 3.32. The third kappa shape index (κ3) is 3.16. The van der Waals surface area contributed by atoms with Crippen LogP contribution in [0.25, 0.3) is 4.96 Å². The van der Waals surface area contributed by atoms with Crippen molar-refractivity contribution < 1.29 is 5.73 Å². The van der Waals surface area contributed by atoms with E-state index in [0.717, 1.165) is 20.9 Å². The van der Waals surface area contributed by atoms with Crippen molar-refractivity contribution in [2.45, 2.75) is 36.9 Å². The van der Waals surface area contributed by atoms with Crippen molar-refractivity contribution in [1.29, 1.82) is 0 Å². The molecule has 0 spiro atoms. The van der Waals surface area contributed by atoms with Gasteiger partial charge >= 0.3 is 0 Å². The van der Waals surface area contributed by atoms with Crippen LogP contribution in [0.3, 0.4) is 0 Å². The zero-order valence-corrected chi connectivity index (χ0v) is 14.6. The first-order chi connectivity index (χ1) is 10.5. The molecular weight excluding hydrogens is 314 g/mol. The molecule has 0 bridgehead atoms. The van der Waals surface area contributed by atoms with Gasteiger partial charge in [0.1, 0.15) is 6.04 Å². The predicted octanol–water partition coefficient (Wildman–Crippen LogP) is 2.73. The van der Waals surface area contributed by atoms with Gasteiger partial charge in [-0.2, -0.15) is 4.52 Å². The topological polar surface area (TPSA) is 70.7 Å². The van der Waals surface area contributed by atoms with Crippen molar-refractivity contribution in [2.24, 2.45) is 5.92 Å². The molecule has 0 fully saturated rings. The van der Waals surface area contributed by atoms with Crippen molar-refractivity contribution in [3.8, 4) is 0 Å². The number of aryl methyl sites for hydroxylation is 1. The Hall–Kier alpha value is -1.44. The van der Waals surface area contributed by atoms with Crippen LogP contribution in [0.15, 0.2) is 28.6 Å². The highest BCUT2D eigenvalue weighted by Crippen LogP contribution is 2.28. The molecule has 0 saturated carbocycles. The highest BCUT2D eigenvalue weighted by molar-refractivity contribution is 8.00. The second kappa shape index (κ2) is 6.36. The van der Waals surface area contributed by atoms with Crippen LogP contribution in [0, 0.1) is 12.8 Å². The van der Waals surface area contributed by atoms with Gasteiger partial charge in [-0.3, -0.25) is 0 Å². The Morgan fingerprint density at radius 2 is 1.95 bits per heavy atom. The van der Waals surface area contributed by atoms with E-state index in [4.69, 9.17) is 0 Å². The number of aromatic nitrogens is 4. The molecule has 2 aromatic heterocycles. The highest BCUT2D eigenvalue weighted by atomic mass is 32.2. The molecule has 3 rings (SSSR count). The molecule has 7 heteroatoms. The summed E-state index contributed by atoms with van der Waals surface area (Å²) in [6, 6.07) is 8.72. The molecule has 0 aliphatic carbocycles. The molecule has 3 N–H and O–H groups in total. The monoisotopic (exact) mass is 334 g/mol.